The van der Waals surface area contributed by atoms with Crippen molar-refractivity contribution >= 4 is 21.6 Å². The molecule has 1 N–H and O–H groups in total. The Morgan fingerprint density at radius 2 is 2.06 bits per heavy atom. The Hall–Kier alpha value is -1.70. The first-order valence-corrected chi connectivity index (χ1v) is 6.28. The number of fused-ring (bicyclic) bond motifs is 1. The third-order valence-electron chi connectivity index (χ3n) is 1.90. The molecule has 0 unspecified atom stereocenters. The number of hydrogen-bond acceptors (Lipinski definition) is 6. The highest BCUT2D eigenvalue weighted by Crippen LogP contribution is 2.31. The molecule has 0 atom stereocenters. The zero-order valence-corrected chi connectivity index (χ0v) is 9.46. The summed E-state index contributed by atoms with van der Waals surface area (Å²) in [5, 5.41) is 2.23. The Kier molecular flexibility index (Phi) is 2.30. The van der Waals surface area contributed by atoms with Gasteiger partial charge in [0.15, 0.2) is 28.0 Å². The maximum atomic E-state index is 11.5. The first-order chi connectivity index (χ1) is 7.38. The van der Waals surface area contributed by atoms with Crippen LogP contribution in [0.4, 0.5) is 5.82 Å². The van der Waals surface area contributed by atoms with E-state index >= 15 is 0 Å². The van der Waals surface area contributed by atoms with Crippen LogP contribution in [0, 0.1) is 6.92 Å². The van der Waals surface area contributed by atoms with Gasteiger partial charge in [-0.2, -0.15) is 0 Å². The lowest BCUT2D eigenvalue weighted by molar-refractivity contribution is -0.118. The average Bonchev–Trinajstić information content (AvgIpc) is 2.14. The van der Waals surface area contributed by atoms with Gasteiger partial charge in [0.25, 0.3) is 5.91 Å². The maximum Gasteiger partial charge on any atom is 0.263 e. The minimum Gasteiger partial charge on any atom is -0.477 e. The largest absolute Gasteiger partial charge is 0.477 e. The monoisotopic (exact) mass is 243 g/mol. The molecule has 0 saturated heterocycles. The van der Waals surface area contributed by atoms with E-state index in [1.165, 1.54) is 6.92 Å². The molecule has 1 aromatic heterocycles. The molecular weight excluding hydrogens is 234 g/mol. The molecule has 1 aliphatic heterocycles. The molecular formula is C8H9N3O4S. The van der Waals surface area contributed by atoms with Crippen molar-refractivity contribution in [2.45, 2.75) is 11.9 Å². The molecule has 0 fully saturated rings. The van der Waals surface area contributed by atoms with Crippen molar-refractivity contribution < 1.29 is 17.9 Å². The fraction of sp³-hybridized carbons (Fsp3) is 0.375. The topological polar surface area (TPSA) is 98.2 Å². The molecule has 16 heavy (non-hydrogen) atoms. The summed E-state index contributed by atoms with van der Waals surface area (Å²) in [5.74, 6) is -0.00750. The van der Waals surface area contributed by atoms with Crippen molar-refractivity contribution in [2.24, 2.45) is 0 Å². The summed E-state index contributed by atoms with van der Waals surface area (Å²) in [6.07, 6.45) is 1.02. The number of ether oxygens (including phenoxy) is 1. The highest BCUT2D eigenvalue weighted by molar-refractivity contribution is 7.90. The van der Waals surface area contributed by atoms with Gasteiger partial charge in [-0.05, 0) is 6.92 Å². The van der Waals surface area contributed by atoms with Crippen LogP contribution in [0.5, 0.6) is 5.75 Å². The second-order valence-electron chi connectivity index (χ2n) is 3.36. The third kappa shape index (κ3) is 1.83. The molecule has 1 aliphatic rings. The van der Waals surface area contributed by atoms with Crippen LogP contribution < -0.4 is 10.1 Å². The molecule has 0 radical (unpaired) electrons. The Bertz CT molecular complexity index is 567. The predicted octanol–water partition coefficient (Wildman–Crippen LogP) is -0.481. The maximum absolute atomic E-state index is 11.5. The summed E-state index contributed by atoms with van der Waals surface area (Å²) in [6, 6.07) is 0. The van der Waals surface area contributed by atoms with E-state index in [-0.39, 0.29) is 34.9 Å². The lowest BCUT2D eigenvalue weighted by Crippen LogP contribution is -2.28. The molecule has 0 aliphatic carbocycles. The van der Waals surface area contributed by atoms with Gasteiger partial charge < -0.3 is 10.1 Å². The number of nitrogens with one attached hydrogen (secondary N) is 1. The van der Waals surface area contributed by atoms with Crippen LogP contribution in [0.1, 0.15) is 5.82 Å². The van der Waals surface area contributed by atoms with E-state index in [1.807, 2.05) is 0 Å². The minimum atomic E-state index is -3.51. The number of carbonyl (C=O) groups is 1. The van der Waals surface area contributed by atoms with Crippen molar-refractivity contribution in [3.8, 4) is 5.75 Å². The first kappa shape index (κ1) is 10.8. The molecule has 0 bridgehead atoms. The quantitative estimate of drug-likeness (QED) is 0.669. The number of amides is 1. The number of anilines is 1. The van der Waals surface area contributed by atoms with Gasteiger partial charge in [0.2, 0.25) is 5.03 Å². The van der Waals surface area contributed by atoms with Crippen LogP contribution >= 0.6 is 0 Å². The summed E-state index contributed by atoms with van der Waals surface area (Å²) in [6.45, 7) is 1.30. The van der Waals surface area contributed by atoms with Crippen molar-refractivity contribution in [2.75, 3.05) is 18.2 Å². The molecule has 1 aromatic rings. The molecule has 7 nitrogen and oxygen atoms in total. The number of aromatic nitrogens is 2. The van der Waals surface area contributed by atoms with Gasteiger partial charge in [-0.15, -0.1) is 0 Å². The van der Waals surface area contributed by atoms with Crippen LogP contribution in [0.2, 0.25) is 0 Å². The SMILES string of the molecule is Cc1nc2c(c(S(C)(=O)=O)n1)OCC(=O)N2. The van der Waals surface area contributed by atoms with Gasteiger partial charge in [0.05, 0.1) is 0 Å². The van der Waals surface area contributed by atoms with E-state index in [2.05, 4.69) is 15.3 Å². The third-order valence-corrected chi connectivity index (χ3v) is 2.88. The van der Waals surface area contributed by atoms with E-state index in [4.69, 9.17) is 4.74 Å². The van der Waals surface area contributed by atoms with Crippen LogP contribution in [-0.2, 0) is 14.6 Å². The number of nitrogens with zero attached hydrogens (tertiary/aromatic N) is 2. The molecule has 2 rings (SSSR count). The highest BCUT2D eigenvalue weighted by Gasteiger charge is 2.27. The van der Waals surface area contributed by atoms with Crippen molar-refractivity contribution in [1.29, 1.82) is 0 Å². The van der Waals surface area contributed by atoms with Crippen LogP contribution in [-0.4, -0.2) is 37.2 Å². The first-order valence-electron chi connectivity index (χ1n) is 4.39. The molecule has 2 heterocycles. The smallest absolute Gasteiger partial charge is 0.263 e. The Morgan fingerprint density at radius 3 is 2.69 bits per heavy atom. The summed E-state index contributed by atoms with van der Waals surface area (Å²) in [4.78, 5) is 18.8. The molecule has 8 heteroatoms. The van der Waals surface area contributed by atoms with Gasteiger partial charge in [0.1, 0.15) is 5.82 Å². The molecule has 0 aromatic carbocycles. The summed E-state index contributed by atoms with van der Waals surface area (Å²) in [7, 11) is -3.51. The van der Waals surface area contributed by atoms with Gasteiger partial charge >= 0.3 is 0 Å². The number of aryl methyl sites for hydroxylation is 1. The Balaban J connectivity index is 2.68. The zero-order valence-electron chi connectivity index (χ0n) is 8.64. The zero-order chi connectivity index (χ0) is 11.9. The van der Waals surface area contributed by atoms with Crippen LogP contribution in [0.15, 0.2) is 5.03 Å². The number of sulfone groups is 1. The molecule has 86 valence electrons. The number of hydrogen-bond donors (Lipinski definition) is 1. The van der Waals surface area contributed by atoms with E-state index in [0.29, 0.717) is 0 Å². The molecule has 1 amide bonds. The second kappa shape index (κ2) is 3.41. The number of rotatable bonds is 1. The summed E-state index contributed by atoms with van der Waals surface area (Å²) in [5.41, 5.74) is 0. The fourth-order valence-corrected chi connectivity index (χ4v) is 2.10. The lowest BCUT2D eigenvalue weighted by atomic mass is 10.4. The lowest BCUT2D eigenvalue weighted by Gasteiger charge is -2.18. The van der Waals surface area contributed by atoms with Crippen molar-refractivity contribution in [3.05, 3.63) is 5.82 Å². The molecule has 0 saturated carbocycles. The van der Waals surface area contributed by atoms with Crippen LogP contribution in [0.25, 0.3) is 0 Å². The highest BCUT2D eigenvalue weighted by atomic mass is 32.2. The number of carbonyl (C=O) groups excluding carboxylic acids is 1. The fourth-order valence-electron chi connectivity index (χ4n) is 1.31. The normalized spacial score (nSPS) is 15.0. The van der Waals surface area contributed by atoms with Crippen molar-refractivity contribution in [3.63, 3.8) is 0 Å². The van der Waals surface area contributed by atoms with Gasteiger partial charge in [-0.25, -0.2) is 18.4 Å². The standard InChI is InChI=1S/C8H9N3O4S/c1-4-9-7-6(15-3-5(12)11-7)8(10-4)16(2,13)14/h3H2,1-2H3,(H,9,10,11,12). The predicted molar refractivity (Wildman–Crippen MR) is 54.0 cm³/mol. The van der Waals surface area contributed by atoms with Gasteiger partial charge in [0, 0.05) is 6.26 Å². The summed E-state index contributed by atoms with van der Waals surface area (Å²) >= 11 is 0. The van der Waals surface area contributed by atoms with E-state index < -0.39 is 9.84 Å². The van der Waals surface area contributed by atoms with E-state index in [9.17, 15) is 13.2 Å². The second-order valence-corrected chi connectivity index (χ2v) is 5.29. The van der Waals surface area contributed by atoms with E-state index in [1.54, 1.807) is 0 Å². The summed E-state index contributed by atoms with van der Waals surface area (Å²) < 4.78 is 27.9. The Labute approximate surface area is 91.8 Å². The van der Waals surface area contributed by atoms with Gasteiger partial charge in [-0.3, -0.25) is 4.79 Å². The van der Waals surface area contributed by atoms with Crippen molar-refractivity contribution in [1.82, 2.24) is 9.97 Å². The van der Waals surface area contributed by atoms with Crippen LogP contribution in [0.3, 0.4) is 0 Å². The molecule has 0 spiro atoms. The average molecular weight is 243 g/mol. The Morgan fingerprint density at radius 1 is 1.38 bits per heavy atom. The van der Waals surface area contributed by atoms with E-state index in [0.717, 1.165) is 6.26 Å². The van der Waals surface area contributed by atoms with Gasteiger partial charge in [-0.1, -0.05) is 0 Å². The minimum absolute atomic E-state index is 0.00713.